The van der Waals surface area contributed by atoms with Crippen molar-refractivity contribution >= 4 is 12.0 Å². The lowest BCUT2D eigenvalue weighted by molar-refractivity contribution is 0.251. The van der Waals surface area contributed by atoms with Crippen LogP contribution in [-0.2, 0) is 13.6 Å². The minimum absolute atomic E-state index is 0.203. The average molecular weight is 291 g/mol. The fraction of sp³-hybridized carbons (Fsp3) is 0.538. The predicted octanol–water partition coefficient (Wildman–Crippen LogP) is 1.53. The highest BCUT2D eigenvalue weighted by atomic mass is 16.2. The van der Waals surface area contributed by atoms with Crippen LogP contribution in [0.1, 0.15) is 37.0 Å². The second-order valence-electron chi connectivity index (χ2n) is 5.21. The van der Waals surface area contributed by atoms with Crippen molar-refractivity contribution in [3.05, 3.63) is 23.3 Å². The molecule has 0 spiro atoms. The highest BCUT2D eigenvalue weighted by Gasteiger charge is 2.12. The second kappa shape index (κ2) is 5.94. The third-order valence-electron chi connectivity index (χ3n) is 3.29. The molecule has 2 rings (SSSR count). The lowest BCUT2D eigenvalue weighted by Crippen LogP contribution is -2.28. The molecule has 2 heterocycles. The van der Waals surface area contributed by atoms with Crippen LogP contribution in [0.25, 0.3) is 0 Å². The molecule has 0 unspecified atom stereocenters. The summed E-state index contributed by atoms with van der Waals surface area (Å²) < 4.78 is 3.53. The van der Waals surface area contributed by atoms with E-state index in [-0.39, 0.29) is 12.1 Å². The Morgan fingerprint density at radius 1 is 1.38 bits per heavy atom. The summed E-state index contributed by atoms with van der Waals surface area (Å²) in [7, 11) is 1.87. The van der Waals surface area contributed by atoms with Crippen LogP contribution in [0.15, 0.2) is 6.20 Å². The number of amides is 2. The van der Waals surface area contributed by atoms with Crippen molar-refractivity contribution in [1.29, 1.82) is 0 Å². The van der Waals surface area contributed by atoms with E-state index in [1.54, 1.807) is 15.6 Å². The number of hydrogen-bond acceptors (Lipinski definition) is 4. The minimum atomic E-state index is -0.334. The predicted molar refractivity (Wildman–Crippen MR) is 78.9 cm³/mol. The third kappa shape index (κ3) is 3.39. The fourth-order valence-electron chi connectivity index (χ4n) is 1.98. The molecule has 0 bridgehead atoms. The monoisotopic (exact) mass is 291 g/mol. The van der Waals surface area contributed by atoms with Crippen LogP contribution in [-0.4, -0.2) is 30.6 Å². The Balaban J connectivity index is 1.93. The quantitative estimate of drug-likeness (QED) is 0.894. The Morgan fingerprint density at radius 2 is 2.10 bits per heavy atom. The lowest BCUT2D eigenvalue weighted by atomic mass is 10.2. The first-order chi connectivity index (χ1) is 9.88. The van der Waals surface area contributed by atoms with Gasteiger partial charge in [-0.1, -0.05) is 0 Å². The van der Waals surface area contributed by atoms with E-state index in [2.05, 4.69) is 25.8 Å². The topological polar surface area (TPSA) is 89.7 Å². The summed E-state index contributed by atoms with van der Waals surface area (Å²) in [5, 5.41) is 13.8. The van der Waals surface area contributed by atoms with Crippen LogP contribution < -0.4 is 10.6 Å². The molecular weight excluding hydrogens is 270 g/mol. The summed E-state index contributed by atoms with van der Waals surface area (Å²) in [5.41, 5.74) is 2.00. The van der Waals surface area contributed by atoms with Crippen molar-refractivity contribution in [2.45, 2.75) is 40.3 Å². The molecule has 0 aliphatic rings. The summed E-state index contributed by atoms with van der Waals surface area (Å²) >= 11 is 0. The number of nitrogens with zero attached hydrogens (tertiary/aromatic N) is 5. The van der Waals surface area contributed by atoms with Crippen LogP contribution in [0, 0.1) is 13.8 Å². The fourth-order valence-corrected chi connectivity index (χ4v) is 1.98. The minimum Gasteiger partial charge on any atom is -0.334 e. The third-order valence-corrected chi connectivity index (χ3v) is 3.29. The van der Waals surface area contributed by atoms with Crippen LogP contribution in [0.5, 0.6) is 0 Å². The molecule has 0 aliphatic carbocycles. The molecule has 0 atom stereocenters. The van der Waals surface area contributed by atoms with E-state index in [4.69, 9.17) is 0 Å². The van der Waals surface area contributed by atoms with Gasteiger partial charge in [0.15, 0.2) is 0 Å². The van der Waals surface area contributed by atoms with Crippen molar-refractivity contribution in [3.8, 4) is 0 Å². The lowest BCUT2D eigenvalue weighted by Gasteiger charge is -2.06. The molecule has 0 radical (unpaired) electrons. The number of rotatable bonds is 4. The zero-order chi connectivity index (χ0) is 15.6. The average Bonchev–Trinajstić information content (AvgIpc) is 2.92. The van der Waals surface area contributed by atoms with E-state index >= 15 is 0 Å². The van der Waals surface area contributed by atoms with Crippen molar-refractivity contribution in [3.63, 3.8) is 0 Å². The number of urea groups is 1. The Bertz CT molecular complexity index is 641. The zero-order valence-electron chi connectivity index (χ0n) is 13.0. The van der Waals surface area contributed by atoms with Crippen molar-refractivity contribution in [1.82, 2.24) is 29.9 Å². The number of carbonyl (C=O) groups excluding carboxylic acids is 1. The molecule has 0 aliphatic heterocycles. The zero-order valence-corrected chi connectivity index (χ0v) is 13.0. The maximum atomic E-state index is 11.9. The van der Waals surface area contributed by atoms with Crippen LogP contribution in [0.3, 0.4) is 0 Å². The molecular formula is C13H21N7O. The molecule has 2 amide bonds. The van der Waals surface area contributed by atoms with E-state index < -0.39 is 0 Å². The normalized spacial score (nSPS) is 11.0. The van der Waals surface area contributed by atoms with Crippen LogP contribution >= 0.6 is 0 Å². The molecule has 0 fully saturated rings. The van der Waals surface area contributed by atoms with Gasteiger partial charge in [0.05, 0.1) is 6.20 Å². The number of hydrogen-bond donors (Lipinski definition) is 2. The van der Waals surface area contributed by atoms with Crippen molar-refractivity contribution < 1.29 is 4.79 Å². The molecule has 2 aromatic heterocycles. The maximum Gasteiger partial charge on any atom is 0.321 e. The molecule has 114 valence electrons. The van der Waals surface area contributed by atoms with Crippen LogP contribution in [0.2, 0.25) is 0 Å². The highest BCUT2D eigenvalue weighted by molar-refractivity contribution is 5.87. The molecule has 0 saturated carbocycles. The molecule has 21 heavy (non-hydrogen) atoms. The van der Waals surface area contributed by atoms with Gasteiger partial charge in [0.1, 0.15) is 5.82 Å². The second-order valence-corrected chi connectivity index (χ2v) is 5.21. The SMILES string of the molecule is Cc1c(CNC(=O)Nc2nc(C)n(C(C)C)n2)cnn1C. The first kappa shape index (κ1) is 15.0. The molecule has 8 nitrogen and oxygen atoms in total. The summed E-state index contributed by atoms with van der Waals surface area (Å²) in [4.78, 5) is 16.1. The summed E-state index contributed by atoms with van der Waals surface area (Å²) in [6, 6.07) is -0.131. The number of carbonyl (C=O) groups is 1. The van der Waals surface area contributed by atoms with Crippen LogP contribution in [0.4, 0.5) is 10.7 Å². The van der Waals surface area contributed by atoms with Gasteiger partial charge in [-0.25, -0.2) is 9.48 Å². The molecule has 2 aromatic rings. The van der Waals surface area contributed by atoms with Gasteiger partial charge in [-0.2, -0.15) is 10.1 Å². The van der Waals surface area contributed by atoms with Gasteiger partial charge in [-0.3, -0.25) is 10.00 Å². The summed E-state index contributed by atoms with van der Waals surface area (Å²) in [5.74, 6) is 1.07. The van der Waals surface area contributed by atoms with E-state index in [9.17, 15) is 4.79 Å². The Morgan fingerprint density at radius 3 is 2.62 bits per heavy atom. The van der Waals surface area contributed by atoms with Gasteiger partial charge in [0, 0.05) is 30.9 Å². The number of aryl methyl sites for hydroxylation is 2. The Hall–Kier alpha value is -2.38. The number of aromatic nitrogens is 5. The number of nitrogens with one attached hydrogen (secondary N) is 2. The van der Waals surface area contributed by atoms with E-state index in [1.165, 1.54) is 0 Å². The van der Waals surface area contributed by atoms with Gasteiger partial charge >= 0.3 is 6.03 Å². The van der Waals surface area contributed by atoms with E-state index in [0.29, 0.717) is 12.5 Å². The van der Waals surface area contributed by atoms with Gasteiger partial charge in [-0.05, 0) is 27.7 Å². The Kier molecular flexibility index (Phi) is 4.25. The highest BCUT2D eigenvalue weighted by Crippen LogP contribution is 2.09. The van der Waals surface area contributed by atoms with Crippen molar-refractivity contribution in [2.24, 2.45) is 7.05 Å². The first-order valence-electron chi connectivity index (χ1n) is 6.84. The van der Waals surface area contributed by atoms with Gasteiger partial charge in [0.2, 0.25) is 5.95 Å². The molecule has 8 heteroatoms. The number of anilines is 1. The summed E-state index contributed by atoms with van der Waals surface area (Å²) in [6.45, 7) is 8.25. The molecule has 0 aromatic carbocycles. The van der Waals surface area contributed by atoms with E-state index in [1.807, 2.05) is 34.7 Å². The van der Waals surface area contributed by atoms with Gasteiger partial charge in [-0.15, -0.1) is 5.10 Å². The smallest absolute Gasteiger partial charge is 0.321 e. The first-order valence-corrected chi connectivity index (χ1v) is 6.84. The molecule has 2 N–H and O–H groups in total. The van der Waals surface area contributed by atoms with E-state index in [0.717, 1.165) is 17.1 Å². The maximum absolute atomic E-state index is 11.9. The van der Waals surface area contributed by atoms with Gasteiger partial charge in [0.25, 0.3) is 0 Å². The standard InChI is InChI=1S/C13H21N7O/c1-8(2)20-10(4)16-12(18-20)17-13(21)14-6-11-7-15-19(5)9(11)3/h7-8H,6H2,1-5H3,(H2,14,17,18,21). The largest absolute Gasteiger partial charge is 0.334 e. The van der Waals surface area contributed by atoms with Crippen molar-refractivity contribution in [2.75, 3.05) is 5.32 Å². The Labute approximate surface area is 123 Å². The molecule has 0 saturated heterocycles. The van der Waals surface area contributed by atoms with Gasteiger partial charge < -0.3 is 5.32 Å². The summed E-state index contributed by atoms with van der Waals surface area (Å²) in [6.07, 6.45) is 1.74.